The Kier molecular flexibility index (Phi) is 6.74. The number of benzene rings is 2. The van der Waals surface area contributed by atoms with Crippen molar-refractivity contribution >= 4 is 28.2 Å². The second kappa shape index (κ2) is 9.01. The number of sulfonamides is 1. The van der Waals surface area contributed by atoms with Crippen molar-refractivity contribution in [2.45, 2.75) is 4.90 Å². The maximum absolute atomic E-state index is 12.5. The van der Waals surface area contributed by atoms with E-state index in [-0.39, 0.29) is 24.4 Å². The van der Waals surface area contributed by atoms with Crippen molar-refractivity contribution in [3.63, 3.8) is 0 Å². The number of nitrogen functional groups attached to an aromatic ring is 1. The van der Waals surface area contributed by atoms with Crippen LogP contribution in [0.3, 0.4) is 0 Å². The lowest BCUT2D eigenvalue weighted by atomic mass is 10.3. The summed E-state index contributed by atoms with van der Waals surface area (Å²) in [6, 6.07) is 12.1. The van der Waals surface area contributed by atoms with E-state index in [1.807, 2.05) is 5.32 Å². The number of amides is 3. The average molecular weight is 392 g/mol. The van der Waals surface area contributed by atoms with Crippen molar-refractivity contribution in [2.75, 3.05) is 25.9 Å². The van der Waals surface area contributed by atoms with Crippen LogP contribution in [-0.4, -0.2) is 45.3 Å². The lowest BCUT2D eigenvalue weighted by Gasteiger charge is -2.17. The zero-order valence-electron chi connectivity index (χ0n) is 14.6. The largest absolute Gasteiger partial charge is 0.457 e. The van der Waals surface area contributed by atoms with Crippen LogP contribution in [0, 0.1) is 0 Å². The monoisotopic (exact) mass is 392 g/mol. The number of ether oxygens (including phenoxy) is 1. The Morgan fingerprint density at radius 3 is 2.22 bits per heavy atom. The van der Waals surface area contributed by atoms with E-state index in [0.717, 1.165) is 4.31 Å². The Bertz CT molecular complexity index is 883. The molecule has 0 unspecified atom stereocenters. The van der Waals surface area contributed by atoms with Crippen LogP contribution in [0.1, 0.15) is 0 Å². The van der Waals surface area contributed by atoms with E-state index < -0.39 is 16.1 Å². The molecular formula is C17H20N4O5S. The lowest BCUT2D eigenvalue weighted by Crippen LogP contribution is -2.40. The molecule has 4 N–H and O–H groups in total. The Balaban J connectivity index is 1.98. The molecule has 0 bridgehead atoms. The second-order valence-corrected chi connectivity index (χ2v) is 7.53. The lowest BCUT2D eigenvalue weighted by molar-refractivity contribution is -0.108. The molecule has 0 aliphatic rings. The predicted molar refractivity (Wildman–Crippen MR) is 99.8 cm³/mol. The van der Waals surface area contributed by atoms with E-state index in [2.05, 4.69) is 5.32 Å². The first-order valence-corrected chi connectivity index (χ1v) is 9.35. The Morgan fingerprint density at radius 2 is 1.67 bits per heavy atom. The molecule has 0 fully saturated rings. The first-order valence-electron chi connectivity index (χ1n) is 7.91. The van der Waals surface area contributed by atoms with Crippen LogP contribution >= 0.6 is 0 Å². The van der Waals surface area contributed by atoms with Gasteiger partial charge in [-0.05, 0) is 48.5 Å². The third-order valence-electron chi connectivity index (χ3n) is 3.55. The summed E-state index contributed by atoms with van der Waals surface area (Å²) in [5.74, 6) is 1.06. The van der Waals surface area contributed by atoms with Crippen LogP contribution in [0.5, 0.6) is 11.5 Å². The van der Waals surface area contributed by atoms with Crippen molar-refractivity contribution in [2.24, 2.45) is 0 Å². The average Bonchev–Trinajstić information content (AvgIpc) is 2.64. The first-order chi connectivity index (χ1) is 12.8. The van der Waals surface area contributed by atoms with Gasteiger partial charge in [0.15, 0.2) is 0 Å². The van der Waals surface area contributed by atoms with Crippen molar-refractivity contribution in [1.29, 1.82) is 0 Å². The molecule has 0 spiro atoms. The molecule has 0 aliphatic carbocycles. The van der Waals surface area contributed by atoms with Crippen LogP contribution in [0.25, 0.3) is 0 Å². The summed E-state index contributed by atoms with van der Waals surface area (Å²) < 4.78 is 31.8. The molecule has 2 aromatic carbocycles. The molecule has 0 aliphatic heterocycles. The topological polar surface area (TPSA) is 131 Å². The van der Waals surface area contributed by atoms with Crippen molar-refractivity contribution < 1.29 is 22.7 Å². The number of likely N-dealkylation sites (N-methyl/N-ethyl adjacent to an activating group) is 1. The molecule has 9 nitrogen and oxygen atoms in total. The number of nitrogens with one attached hydrogen (secondary N) is 2. The zero-order valence-corrected chi connectivity index (χ0v) is 15.4. The van der Waals surface area contributed by atoms with Gasteiger partial charge in [0.25, 0.3) is 0 Å². The molecule has 10 heteroatoms. The summed E-state index contributed by atoms with van der Waals surface area (Å²) >= 11 is 0. The van der Waals surface area contributed by atoms with Crippen molar-refractivity contribution in [1.82, 2.24) is 14.9 Å². The van der Waals surface area contributed by atoms with Gasteiger partial charge < -0.3 is 15.8 Å². The van der Waals surface area contributed by atoms with E-state index in [1.165, 1.54) is 19.2 Å². The zero-order chi connectivity index (χ0) is 19.9. The van der Waals surface area contributed by atoms with Gasteiger partial charge in [-0.3, -0.25) is 10.1 Å². The molecule has 27 heavy (non-hydrogen) atoms. The van der Waals surface area contributed by atoms with Crippen LogP contribution in [0.2, 0.25) is 0 Å². The Hall–Kier alpha value is -3.11. The molecular weight excluding hydrogens is 372 g/mol. The summed E-state index contributed by atoms with van der Waals surface area (Å²) in [6.07, 6.45) is 0.240. The molecule has 0 saturated carbocycles. The summed E-state index contributed by atoms with van der Waals surface area (Å²) in [6.45, 7) is 0.0893. The quantitative estimate of drug-likeness (QED) is 0.456. The number of imide groups is 1. The van der Waals surface area contributed by atoms with Gasteiger partial charge in [-0.2, -0.15) is 4.31 Å². The van der Waals surface area contributed by atoms with Gasteiger partial charge in [0.05, 0.1) is 4.90 Å². The van der Waals surface area contributed by atoms with E-state index in [9.17, 15) is 18.0 Å². The fraction of sp³-hybridized carbons (Fsp3) is 0.176. The van der Waals surface area contributed by atoms with Gasteiger partial charge in [-0.25, -0.2) is 13.2 Å². The molecule has 144 valence electrons. The van der Waals surface area contributed by atoms with Gasteiger partial charge in [-0.1, -0.05) is 0 Å². The van der Waals surface area contributed by atoms with E-state index in [0.29, 0.717) is 17.2 Å². The van der Waals surface area contributed by atoms with Gasteiger partial charge in [0, 0.05) is 25.8 Å². The SMILES string of the molecule is CN(CCNC(=O)NC=O)S(=O)(=O)c1ccc(Oc2ccc(N)cc2)cc1. The number of nitrogens with two attached hydrogens (primary N) is 1. The number of carbonyl (C=O) groups excluding carboxylic acids is 2. The van der Waals surface area contributed by atoms with E-state index in [4.69, 9.17) is 10.5 Å². The molecule has 2 rings (SSSR count). The predicted octanol–water partition coefficient (Wildman–Crippen LogP) is 1.14. The highest BCUT2D eigenvalue weighted by atomic mass is 32.2. The molecule has 0 heterocycles. The van der Waals surface area contributed by atoms with Crippen LogP contribution < -0.4 is 21.1 Å². The van der Waals surface area contributed by atoms with Gasteiger partial charge in [-0.15, -0.1) is 0 Å². The Morgan fingerprint density at radius 1 is 1.11 bits per heavy atom. The number of hydrogen-bond donors (Lipinski definition) is 3. The molecule has 2 aromatic rings. The number of anilines is 1. The van der Waals surface area contributed by atoms with Gasteiger partial charge >= 0.3 is 6.03 Å². The number of urea groups is 1. The number of nitrogens with zero attached hydrogens (tertiary/aromatic N) is 1. The summed E-state index contributed by atoms with van der Waals surface area (Å²) in [5, 5.41) is 4.26. The standard InChI is InChI=1S/C17H20N4O5S/c1-21(11-10-19-17(23)20-12-22)27(24,25)16-8-6-15(7-9-16)26-14-4-2-13(18)3-5-14/h2-9,12H,10-11,18H2,1H3,(H2,19,20,22,23). The smallest absolute Gasteiger partial charge is 0.321 e. The normalized spacial score (nSPS) is 11.0. The van der Waals surface area contributed by atoms with E-state index >= 15 is 0 Å². The molecule has 0 atom stereocenters. The summed E-state index contributed by atoms with van der Waals surface area (Å²) in [5.41, 5.74) is 6.23. The summed E-state index contributed by atoms with van der Waals surface area (Å²) in [4.78, 5) is 21.3. The maximum Gasteiger partial charge on any atom is 0.321 e. The van der Waals surface area contributed by atoms with Crippen LogP contribution in [-0.2, 0) is 14.8 Å². The maximum atomic E-state index is 12.5. The number of carbonyl (C=O) groups is 2. The third kappa shape index (κ3) is 5.69. The highest BCUT2D eigenvalue weighted by Crippen LogP contribution is 2.24. The third-order valence-corrected chi connectivity index (χ3v) is 5.42. The van der Waals surface area contributed by atoms with Gasteiger partial charge in [0.2, 0.25) is 16.4 Å². The Labute approximate surface area is 157 Å². The van der Waals surface area contributed by atoms with Crippen molar-refractivity contribution in [3.05, 3.63) is 48.5 Å². The fourth-order valence-corrected chi connectivity index (χ4v) is 3.25. The highest BCUT2D eigenvalue weighted by Gasteiger charge is 2.20. The van der Waals surface area contributed by atoms with Crippen LogP contribution in [0.15, 0.2) is 53.4 Å². The minimum absolute atomic E-state index is 0.0400. The van der Waals surface area contributed by atoms with E-state index in [1.54, 1.807) is 36.4 Å². The minimum Gasteiger partial charge on any atom is -0.457 e. The minimum atomic E-state index is -3.72. The second-order valence-electron chi connectivity index (χ2n) is 5.49. The highest BCUT2D eigenvalue weighted by molar-refractivity contribution is 7.89. The number of hydrogen-bond acceptors (Lipinski definition) is 6. The molecule has 0 radical (unpaired) electrons. The molecule has 0 aromatic heterocycles. The van der Waals surface area contributed by atoms with Crippen molar-refractivity contribution in [3.8, 4) is 11.5 Å². The van der Waals surface area contributed by atoms with Gasteiger partial charge in [0.1, 0.15) is 11.5 Å². The molecule has 3 amide bonds. The first kappa shape index (κ1) is 20.2. The summed E-state index contributed by atoms with van der Waals surface area (Å²) in [7, 11) is -2.33. The fourth-order valence-electron chi connectivity index (χ4n) is 2.08. The van der Waals surface area contributed by atoms with Crippen LogP contribution in [0.4, 0.5) is 10.5 Å². The number of rotatable bonds is 8. The molecule has 0 saturated heterocycles.